The summed E-state index contributed by atoms with van der Waals surface area (Å²) in [6.45, 7) is 3.43. The van der Waals surface area contributed by atoms with Gasteiger partial charge in [-0.3, -0.25) is 19.2 Å². The van der Waals surface area contributed by atoms with E-state index >= 15 is 0 Å². The Balaban J connectivity index is 1.71. The van der Waals surface area contributed by atoms with Crippen molar-refractivity contribution in [2.24, 2.45) is 7.05 Å². The maximum Gasteiger partial charge on any atom is 0.234 e. The summed E-state index contributed by atoms with van der Waals surface area (Å²) in [4.78, 5) is 28.6. The zero-order valence-electron chi connectivity index (χ0n) is 14.7. The van der Waals surface area contributed by atoms with Gasteiger partial charge < -0.3 is 10.2 Å². The van der Waals surface area contributed by atoms with Gasteiger partial charge in [0.15, 0.2) is 0 Å². The number of aryl methyl sites for hydroxylation is 1. The van der Waals surface area contributed by atoms with Crippen LogP contribution in [0.2, 0.25) is 0 Å². The van der Waals surface area contributed by atoms with Crippen LogP contribution in [0.4, 0.5) is 0 Å². The summed E-state index contributed by atoms with van der Waals surface area (Å²) in [6.07, 6.45) is 5.25. The molecule has 2 heterocycles. The third-order valence-electron chi connectivity index (χ3n) is 5.19. The number of rotatable bonds is 6. The van der Waals surface area contributed by atoms with Gasteiger partial charge in [-0.15, -0.1) is 0 Å². The molecule has 2 aliphatic rings. The molecule has 1 N–H and O–H groups in total. The second kappa shape index (κ2) is 6.93. The molecule has 3 rings (SSSR count). The largest absolute Gasteiger partial charge is 0.350 e. The van der Waals surface area contributed by atoms with Gasteiger partial charge in [0.05, 0.1) is 24.3 Å². The molecule has 0 radical (unpaired) electrons. The van der Waals surface area contributed by atoms with Crippen LogP contribution in [-0.2, 0) is 16.6 Å². The number of amides is 2. The Morgan fingerprint density at radius 1 is 1.38 bits per heavy atom. The van der Waals surface area contributed by atoms with Crippen molar-refractivity contribution >= 4 is 11.8 Å². The van der Waals surface area contributed by atoms with E-state index in [1.165, 1.54) is 12.8 Å². The third kappa shape index (κ3) is 3.45. The summed E-state index contributed by atoms with van der Waals surface area (Å²) in [5.41, 5.74) is 0.949. The molecule has 1 aromatic heterocycles. The Kier molecular flexibility index (Phi) is 4.89. The van der Waals surface area contributed by atoms with E-state index in [9.17, 15) is 9.59 Å². The minimum atomic E-state index is -0.168. The molecular formula is C17H27N5O2. The summed E-state index contributed by atoms with van der Waals surface area (Å²) < 4.78 is 1.78. The number of carbonyl (C=O) groups excluding carboxylic acids is 2. The van der Waals surface area contributed by atoms with Crippen molar-refractivity contribution in [1.29, 1.82) is 0 Å². The quantitative estimate of drug-likeness (QED) is 0.831. The lowest BCUT2D eigenvalue weighted by molar-refractivity contribution is -0.138. The van der Waals surface area contributed by atoms with Gasteiger partial charge in [-0.05, 0) is 31.9 Å². The fourth-order valence-corrected chi connectivity index (χ4v) is 3.64. The fraction of sp³-hybridized carbons (Fsp3) is 0.706. The Labute approximate surface area is 143 Å². The van der Waals surface area contributed by atoms with Gasteiger partial charge in [-0.1, -0.05) is 6.92 Å². The van der Waals surface area contributed by atoms with Gasteiger partial charge in [0.2, 0.25) is 11.8 Å². The topological polar surface area (TPSA) is 70.5 Å². The molecule has 0 unspecified atom stereocenters. The molecular weight excluding hydrogens is 306 g/mol. The zero-order valence-corrected chi connectivity index (χ0v) is 14.7. The van der Waals surface area contributed by atoms with Crippen LogP contribution < -0.4 is 5.32 Å². The number of hydrogen-bond acceptors (Lipinski definition) is 4. The summed E-state index contributed by atoms with van der Waals surface area (Å²) >= 11 is 0. The van der Waals surface area contributed by atoms with Gasteiger partial charge >= 0.3 is 0 Å². The molecule has 2 atom stereocenters. The van der Waals surface area contributed by atoms with Crippen LogP contribution in [0, 0.1) is 0 Å². The van der Waals surface area contributed by atoms with E-state index in [-0.39, 0.29) is 23.9 Å². The molecule has 0 aromatic carbocycles. The van der Waals surface area contributed by atoms with Gasteiger partial charge in [0.25, 0.3) is 0 Å². The predicted octanol–water partition coefficient (Wildman–Crippen LogP) is 0.683. The summed E-state index contributed by atoms with van der Waals surface area (Å²) in [5, 5.41) is 7.38. The van der Waals surface area contributed by atoms with E-state index < -0.39 is 0 Å². The normalized spacial score (nSPS) is 24.5. The van der Waals surface area contributed by atoms with E-state index in [0.29, 0.717) is 25.4 Å². The lowest BCUT2D eigenvalue weighted by Crippen LogP contribution is -2.53. The highest BCUT2D eigenvalue weighted by atomic mass is 16.2. The van der Waals surface area contributed by atoms with Crippen LogP contribution >= 0.6 is 0 Å². The first kappa shape index (κ1) is 17.0. The first-order valence-corrected chi connectivity index (χ1v) is 8.78. The molecule has 7 heteroatoms. The zero-order chi connectivity index (χ0) is 17.3. The summed E-state index contributed by atoms with van der Waals surface area (Å²) in [7, 11) is 3.67. The number of piperidine rings is 1. The smallest absolute Gasteiger partial charge is 0.234 e. The number of nitrogens with zero attached hydrogens (tertiary/aromatic N) is 4. The molecule has 1 aliphatic heterocycles. The minimum absolute atomic E-state index is 0.0451. The van der Waals surface area contributed by atoms with Crippen LogP contribution in [0.1, 0.15) is 44.3 Å². The first-order chi connectivity index (χ1) is 11.5. The predicted molar refractivity (Wildman–Crippen MR) is 90.2 cm³/mol. The van der Waals surface area contributed by atoms with E-state index in [2.05, 4.69) is 22.2 Å². The van der Waals surface area contributed by atoms with Crippen molar-refractivity contribution in [3.05, 3.63) is 18.0 Å². The highest BCUT2D eigenvalue weighted by molar-refractivity contribution is 5.80. The van der Waals surface area contributed by atoms with Crippen molar-refractivity contribution in [3.8, 4) is 0 Å². The summed E-state index contributed by atoms with van der Waals surface area (Å²) in [5.74, 6) is 0.156. The molecule has 2 amide bonds. The molecule has 24 heavy (non-hydrogen) atoms. The van der Waals surface area contributed by atoms with Crippen molar-refractivity contribution in [3.63, 3.8) is 0 Å². The molecule has 1 aliphatic carbocycles. The number of likely N-dealkylation sites (N-methyl/N-ethyl adjacent to an activating group) is 2. The van der Waals surface area contributed by atoms with Crippen molar-refractivity contribution in [2.75, 3.05) is 20.1 Å². The van der Waals surface area contributed by atoms with Crippen LogP contribution in [0.25, 0.3) is 0 Å². The van der Waals surface area contributed by atoms with Gasteiger partial charge in [0, 0.05) is 32.8 Å². The van der Waals surface area contributed by atoms with E-state index in [0.717, 1.165) is 12.2 Å². The van der Waals surface area contributed by atoms with Gasteiger partial charge in [0.1, 0.15) is 0 Å². The first-order valence-electron chi connectivity index (χ1n) is 8.78. The average Bonchev–Trinajstić information content (AvgIpc) is 3.31. The number of nitrogens with one attached hydrogen (secondary N) is 1. The van der Waals surface area contributed by atoms with E-state index in [1.807, 2.05) is 13.1 Å². The van der Waals surface area contributed by atoms with Gasteiger partial charge in [-0.2, -0.15) is 5.10 Å². The molecule has 7 nitrogen and oxygen atoms in total. The second-order valence-electron chi connectivity index (χ2n) is 6.84. The van der Waals surface area contributed by atoms with Crippen LogP contribution in [0.3, 0.4) is 0 Å². The van der Waals surface area contributed by atoms with E-state index in [4.69, 9.17) is 0 Å². The Bertz CT molecular complexity index is 610. The van der Waals surface area contributed by atoms with Gasteiger partial charge in [-0.25, -0.2) is 0 Å². The third-order valence-corrected chi connectivity index (χ3v) is 5.19. The second-order valence-corrected chi connectivity index (χ2v) is 6.84. The fourth-order valence-electron chi connectivity index (χ4n) is 3.64. The van der Waals surface area contributed by atoms with Crippen molar-refractivity contribution in [1.82, 2.24) is 24.9 Å². The molecule has 0 bridgehead atoms. The molecule has 1 saturated heterocycles. The van der Waals surface area contributed by atoms with E-state index in [1.54, 1.807) is 22.8 Å². The highest BCUT2D eigenvalue weighted by Gasteiger charge is 2.37. The Morgan fingerprint density at radius 3 is 2.71 bits per heavy atom. The van der Waals surface area contributed by atoms with Crippen LogP contribution in [0.15, 0.2) is 12.3 Å². The number of likely N-dealkylation sites (tertiary alicyclic amines) is 1. The highest BCUT2D eigenvalue weighted by Crippen LogP contribution is 2.31. The lowest BCUT2D eigenvalue weighted by atomic mass is 9.93. The maximum absolute atomic E-state index is 12.5. The molecule has 132 valence electrons. The minimum Gasteiger partial charge on any atom is -0.350 e. The maximum atomic E-state index is 12.5. The number of aromatic nitrogens is 2. The average molecular weight is 333 g/mol. The van der Waals surface area contributed by atoms with Crippen molar-refractivity contribution in [2.45, 2.75) is 50.7 Å². The Morgan fingerprint density at radius 2 is 2.12 bits per heavy atom. The molecule has 0 spiro atoms. The number of carbonyl (C=O) groups is 2. The van der Waals surface area contributed by atoms with Crippen LogP contribution in [-0.4, -0.2) is 63.6 Å². The summed E-state index contributed by atoms with van der Waals surface area (Å²) in [6, 6.07) is 2.25. The standard InChI is InChI=1S/C17H27N5O2/c1-4-22(12-5-6-12)11-15(23)19-13-7-8-16(24)20(2)17(13)14-9-10-18-21(14)3/h9-10,12-13,17H,4-8,11H2,1-3H3,(H,19,23)/t13-,17-/m1/s1. The SMILES string of the molecule is CCN(CC(=O)N[C@@H]1CCC(=O)N(C)[C@H]1c1ccnn1C)C1CC1. The molecule has 1 aromatic rings. The van der Waals surface area contributed by atoms with Crippen LogP contribution in [0.5, 0.6) is 0 Å². The monoisotopic (exact) mass is 333 g/mol. The molecule has 1 saturated carbocycles. The molecule has 2 fully saturated rings. The Hall–Kier alpha value is -1.89. The number of hydrogen-bond donors (Lipinski definition) is 1. The lowest BCUT2D eigenvalue weighted by Gasteiger charge is -2.39. The van der Waals surface area contributed by atoms with Crippen molar-refractivity contribution < 1.29 is 9.59 Å².